The Morgan fingerprint density at radius 1 is 1.47 bits per heavy atom. The number of anilines is 1. The molecule has 0 amide bonds. The zero-order valence-corrected chi connectivity index (χ0v) is 10.2. The van der Waals surface area contributed by atoms with Crippen molar-refractivity contribution in [1.29, 1.82) is 0 Å². The molecule has 2 aromatic rings. The Bertz CT molecular complexity index is 595. The molecule has 1 heterocycles. The highest BCUT2D eigenvalue weighted by Crippen LogP contribution is 2.20. The molecule has 0 unspecified atom stereocenters. The van der Waals surface area contributed by atoms with Gasteiger partial charge >= 0.3 is 5.76 Å². The average molecular weight is 236 g/mol. The molecule has 0 bridgehead atoms. The van der Waals surface area contributed by atoms with Gasteiger partial charge in [0.25, 0.3) is 0 Å². The molecule has 0 aliphatic carbocycles. The fourth-order valence-corrected chi connectivity index (χ4v) is 1.63. The molecule has 5 nitrogen and oxygen atoms in total. The molecule has 1 aromatic carbocycles. The first-order chi connectivity index (χ1) is 7.93. The summed E-state index contributed by atoms with van der Waals surface area (Å²) in [5.74, 6) is -0.376. The minimum Gasteiger partial charge on any atom is -0.408 e. The molecule has 2 N–H and O–H groups in total. The van der Waals surface area contributed by atoms with Crippen LogP contribution in [0.4, 0.5) is 5.69 Å². The third-order valence-corrected chi connectivity index (χ3v) is 2.67. The number of hydrogen-bond donors (Lipinski definition) is 2. The van der Waals surface area contributed by atoms with Crippen molar-refractivity contribution >= 4 is 16.8 Å². The first-order valence-corrected chi connectivity index (χ1v) is 5.41. The molecule has 0 aliphatic rings. The smallest absolute Gasteiger partial charge is 0.408 e. The van der Waals surface area contributed by atoms with Crippen LogP contribution in [0.5, 0.6) is 0 Å². The molecule has 0 atom stereocenters. The second kappa shape index (κ2) is 3.92. The van der Waals surface area contributed by atoms with Crippen molar-refractivity contribution in [2.75, 3.05) is 11.9 Å². The Morgan fingerprint density at radius 3 is 2.82 bits per heavy atom. The highest BCUT2D eigenvalue weighted by Gasteiger charge is 2.16. The van der Waals surface area contributed by atoms with E-state index in [-0.39, 0.29) is 12.4 Å². The summed E-state index contributed by atoms with van der Waals surface area (Å²) in [6.07, 6.45) is 0. The van der Waals surface area contributed by atoms with Gasteiger partial charge in [0.15, 0.2) is 5.58 Å². The SMILES string of the molecule is Cn1c(=O)oc2ccc(NC(C)(C)CO)cc21. The van der Waals surface area contributed by atoms with Gasteiger partial charge in [-0.25, -0.2) is 4.79 Å². The van der Waals surface area contributed by atoms with Crippen molar-refractivity contribution in [2.24, 2.45) is 7.05 Å². The summed E-state index contributed by atoms with van der Waals surface area (Å²) in [7, 11) is 1.66. The highest BCUT2D eigenvalue weighted by molar-refractivity contribution is 5.77. The Hall–Kier alpha value is -1.75. The van der Waals surface area contributed by atoms with Crippen LogP contribution in [-0.4, -0.2) is 21.8 Å². The Kier molecular flexibility index (Phi) is 2.71. The lowest BCUT2D eigenvalue weighted by Gasteiger charge is -2.24. The van der Waals surface area contributed by atoms with Crippen molar-refractivity contribution < 1.29 is 9.52 Å². The van der Waals surface area contributed by atoms with Gasteiger partial charge < -0.3 is 14.8 Å². The van der Waals surface area contributed by atoms with Crippen LogP contribution in [0.25, 0.3) is 11.1 Å². The maximum atomic E-state index is 11.3. The zero-order chi connectivity index (χ0) is 12.6. The van der Waals surface area contributed by atoms with Crippen LogP contribution in [0, 0.1) is 0 Å². The Morgan fingerprint density at radius 2 is 2.18 bits per heavy atom. The number of aliphatic hydroxyl groups is 1. The number of aliphatic hydroxyl groups excluding tert-OH is 1. The van der Waals surface area contributed by atoms with E-state index in [2.05, 4.69) is 5.32 Å². The van der Waals surface area contributed by atoms with Crippen LogP contribution in [-0.2, 0) is 7.05 Å². The molecule has 1 aromatic heterocycles. The molecule has 0 aliphatic heterocycles. The summed E-state index contributed by atoms with van der Waals surface area (Å²) in [4.78, 5) is 11.3. The topological polar surface area (TPSA) is 67.4 Å². The number of fused-ring (bicyclic) bond motifs is 1. The predicted octanol–water partition coefficient (Wildman–Crippen LogP) is 1.31. The number of aryl methyl sites for hydroxylation is 1. The second-order valence-corrected chi connectivity index (χ2v) is 4.78. The predicted molar refractivity (Wildman–Crippen MR) is 66.2 cm³/mol. The molecule has 2 rings (SSSR count). The standard InChI is InChI=1S/C12H16N2O3/c1-12(2,7-15)13-8-4-5-10-9(6-8)14(3)11(16)17-10/h4-6,13,15H,7H2,1-3H3. The van der Waals surface area contributed by atoms with Gasteiger partial charge in [0.2, 0.25) is 0 Å². The van der Waals surface area contributed by atoms with Crippen molar-refractivity contribution in [3.63, 3.8) is 0 Å². The summed E-state index contributed by atoms with van der Waals surface area (Å²) in [6, 6.07) is 5.40. The molecule has 17 heavy (non-hydrogen) atoms. The molecular weight excluding hydrogens is 220 g/mol. The van der Waals surface area contributed by atoms with Crippen LogP contribution in [0.3, 0.4) is 0 Å². The normalized spacial score (nSPS) is 12.0. The minimum absolute atomic E-state index is 0.0232. The third kappa shape index (κ3) is 2.19. The van der Waals surface area contributed by atoms with Crippen molar-refractivity contribution in [1.82, 2.24) is 4.57 Å². The Balaban J connectivity index is 2.44. The second-order valence-electron chi connectivity index (χ2n) is 4.78. The molecule has 92 valence electrons. The van der Waals surface area contributed by atoms with Gasteiger partial charge in [-0.1, -0.05) is 0 Å². The van der Waals surface area contributed by atoms with Crippen LogP contribution in [0.1, 0.15) is 13.8 Å². The lowest BCUT2D eigenvalue weighted by atomic mass is 10.1. The van der Waals surface area contributed by atoms with E-state index in [1.54, 1.807) is 13.1 Å². The van der Waals surface area contributed by atoms with E-state index in [1.165, 1.54) is 4.57 Å². The molecule has 5 heteroatoms. The molecule has 0 saturated heterocycles. The number of nitrogens with one attached hydrogen (secondary N) is 1. The summed E-state index contributed by atoms with van der Waals surface area (Å²) < 4.78 is 6.49. The lowest BCUT2D eigenvalue weighted by molar-refractivity contribution is 0.234. The van der Waals surface area contributed by atoms with Gasteiger partial charge in [0.05, 0.1) is 17.7 Å². The molecular formula is C12H16N2O3. The number of oxazole rings is 1. The van der Waals surface area contributed by atoms with Gasteiger partial charge in [-0.2, -0.15) is 0 Å². The molecule has 0 saturated carbocycles. The highest BCUT2D eigenvalue weighted by atomic mass is 16.4. The quantitative estimate of drug-likeness (QED) is 0.843. The maximum absolute atomic E-state index is 11.3. The van der Waals surface area contributed by atoms with Crippen LogP contribution >= 0.6 is 0 Å². The van der Waals surface area contributed by atoms with Gasteiger partial charge in [0.1, 0.15) is 0 Å². The molecule has 0 fully saturated rings. The average Bonchev–Trinajstić information content (AvgIpc) is 2.55. The van der Waals surface area contributed by atoms with E-state index in [0.29, 0.717) is 5.58 Å². The van der Waals surface area contributed by atoms with Crippen molar-refractivity contribution in [2.45, 2.75) is 19.4 Å². The van der Waals surface area contributed by atoms with E-state index in [4.69, 9.17) is 4.42 Å². The Labute approximate surface area is 98.7 Å². The lowest BCUT2D eigenvalue weighted by Crippen LogP contribution is -2.34. The summed E-state index contributed by atoms with van der Waals surface area (Å²) in [6.45, 7) is 3.81. The number of hydrogen-bond acceptors (Lipinski definition) is 4. The van der Waals surface area contributed by atoms with E-state index in [9.17, 15) is 9.90 Å². The maximum Gasteiger partial charge on any atom is 0.419 e. The van der Waals surface area contributed by atoms with E-state index < -0.39 is 5.54 Å². The van der Waals surface area contributed by atoms with Crippen molar-refractivity contribution in [3.05, 3.63) is 28.7 Å². The first kappa shape index (κ1) is 11.7. The van der Waals surface area contributed by atoms with Crippen LogP contribution in [0.15, 0.2) is 27.4 Å². The van der Waals surface area contributed by atoms with E-state index in [1.807, 2.05) is 26.0 Å². The first-order valence-electron chi connectivity index (χ1n) is 5.41. The minimum atomic E-state index is -0.406. The van der Waals surface area contributed by atoms with Gasteiger partial charge in [-0.05, 0) is 32.0 Å². The largest absolute Gasteiger partial charge is 0.419 e. The fourth-order valence-electron chi connectivity index (χ4n) is 1.63. The van der Waals surface area contributed by atoms with Gasteiger partial charge in [-0.3, -0.25) is 4.57 Å². The van der Waals surface area contributed by atoms with E-state index in [0.717, 1.165) is 11.2 Å². The van der Waals surface area contributed by atoms with Gasteiger partial charge in [-0.15, -0.1) is 0 Å². The van der Waals surface area contributed by atoms with Crippen molar-refractivity contribution in [3.8, 4) is 0 Å². The number of aromatic nitrogens is 1. The summed E-state index contributed by atoms with van der Waals surface area (Å²) >= 11 is 0. The van der Waals surface area contributed by atoms with Crippen LogP contribution in [0.2, 0.25) is 0 Å². The van der Waals surface area contributed by atoms with Gasteiger partial charge in [0, 0.05) is 12.7 Å². The summed E-state index contributed by atoms with van der Waals surface area (Å²) in [5.41, 5.74) is 1.72. The number of rotatable bonds is 3. The third-order valence-electron chi connectivity index (χ3n) is 2.67. The monoisotopic (exact) mass is 236 g/mol. The van der Waals surface area contributed by atoms with E-state index >= 15 is 0 Å². The fraction of sp³-hybridized carbons (Fsp3) is 0.417. The molecule has 0 radical (unpaired) electrons. The zero-order valence-electron chi connectivity index (χ0n) is 10.2. The molecule has 0 spiro atoms. The summed E-state index contributed by atoms with van der Waals surface area (Å²) in [5, 5.41) is 12.4. The number of nitrogens with zero attached hydrogens (tertiary/aromatic N) is 1. The number of benzene rings is 1. The van der Waals surface area contributed by atoms with Crippen LogP contribution < -0.4 is 11.1 Å².